The van der Waals surface area contributed by atoms with E-state index in [9.17, 15) is 0 Å². The van der Waals surface area contributed by atoms with Crippen molar-refractivity contribution in [1.29, 1.82) is 0 Å². The maximum Gasteiger partial charge on any atom is 0.0949 e. The van der Waals surface area contributed by atoms with Crippen molar-refractivity contribution in [2.24, 2.45) is 5.73 Å². The molecule has 0 unspecified atom stereocenters. The summed E-state index contributed by atoms with van der Waals surface area (Å²) in [7, 11) is 2.07. The van der Waals surface area contributed by atoms with E-state index in [0.717, 1.165) is 16.7 Å². The van der Waals surface area contributed by atoms with Crippen LogP contribution in [0.15, 0.2) is 182 Å². The highest BCUT2D eigenvalue weighted by molar-refractivity contribution is 6.18. The fourth-order valence-electron chi connectivity index (χ4n) is 6.31. The number of nitrogens with one attached hydrogen (secondary N) is 1. The van der Waals surface area contributed by atoms with Crippen LogP contribution in [0.3, 0.4) is 0 Å². The van der Waals surface area contributed by atoms with Crippen LogP contribution < -0.4 is 5.73 Å². The standard InChI is InChI=1S/C38H32N4.C6H6/c1-26(11-9-10-20-39)41(2)25-42-37-19-17-30(28-14-7-4-8-15-28)22-33(37)34-23-32-31-21-29(27-12-5-3-6-13-27)16-18-35(31)40-36(32)24-38(34)42;1-2-4-6-5-3-1/h3-24,40H,1,25,39H2,2H3;1-6H/b11-9-,20-10-;. The Bertz CT molecular complexity index is 2370. The van der Waals surface area contributed by atoms with E-state index in [1.54, 1.807) is 6.08 Å². The molecule has 8 aromatic rings. The van der Waals surface area contributed by atoms with Gasteiger partial charge in [-0.3, -0.25) is 0 Å². The Kier molecular flexibility index (Phi) is 8.62. The van der Waals surface area contributed by atoms with Crippen molar-refractivity contribution in [1.82, 2.24) is 14.5 Å². The third kappa shape index (κ3) is 6.12. The number of likely N-dealkylation sites (N-methyl/N-ethyl adjacent to an activating group) is 1. The van der Waals surface area contributed by atoms with E-state index in [0.29, 0.717) is 6.67 Å². The molecule has 0 spiro atoms. The molecule has 3 N–H and O–H groups in total. The maximum absolute atomic E-state index is 5.51. The number of nitrogens with two attached hydrogens (primary N) is 1. The highest BCUT2D eigenvalue weighted by Gasteiger charge is 2.17. The van der Waals surface area contributed by atoms with Gasteiger partial charge >= 0.3 is 0 Å². The summed E-state index contributed by atoms with van der Waals surface area (Å²) in [5, 5.41) is 4.94. The summed E-state index contributed by atoms with van der Waals surface area (Å²) in [6, 6.07) is 51.3. The first-order chi connectivity index (χ1) is 23.6. The Morgan fingerprint density at radius 2 is 1.15 bits per heavy atom. The predicted octanol–water partition coefficient (Wildman–Crippen LogP) is 10.9. The molecule has 2 heterocycles. The molecule has 0 atom stereocenters. The molecule has 48 heavy (non-hydrogen) atoms. The van der Waals surface area contributed by atoms with Gasteiger partial charge in [-0.15, -0.1) is 0 Å². The zero-order valence-corrected chi connectivity index (χ0v) is 27.1. The van der Waals surface area contributed by atoms with Crippen LogP contribution in [0.2, 0.25) is 0 Å². The number of aromatic nitrogens is 2. The number of H-pyrrole nitrogens is 1. The number of rotatable bonds is 7. The van der Waals surface area contributed by atoms with Crippen LogP contribution in [0.4, 0.5) is 0 Å². The van der Waals surface area contributed by atoms with Gasteiger partial charge in [0.1, 0.15) is 0 Å². The Labute approximate surface area is 281 Å². The molecule has 0 fully saturated rings. The summed E-state index contributed by atoms with van der Waals surface area (Å²) < 4.78 is 2.39. The van der Waals surface area contributed by atoms with Crippen LogP contribution in [0.5, 0.6) is 0 Å². The Morgan fingerprint density at radius 3 is 1.77 bits per heavy atom. The number of hydrogen-bond acceptors (Lipinski definition) is 2. The second kappa shape index (κ2) is 13.6. The highest BCUT2D eigenvalue weighted by Crippen LogP contribution is 2.38. The first kappa shape index (κ1) is 30.4. The fourth-order valence-corrected chi connectivity index (χ4v) is 6.31. The van der Waals surface area contributed by atoms with Gasteiger partial charge < -0.3 is 20.2 Å². The van der Waals surface area contributed by atoms with Crippen LogP contribution in [-0.2, 0) is 6.67 Å². The Morgan fingerprint density at radius 1 is 0.604 bits per heavy atom. The van der Waals surface area contributed by atoms with E-state index < -0.39 is 0 Å². The molecular weight excluding hydrogens is 585 g/mol. The molecule has 0 bridgehead atoms. The molecule has 0 aliphatic carbocycles. The summed E-state index contributed by atoms with van der Waals surface area (Å²) >= 11 is 0. The lowest BCUT2D eigenvalue weighted by molar-refractivity contribution is 0.358. The highest BCUT2D eigenvalue weighted by atomic mass is 15.2. The van der Waals surface area contributed by atoms with Gasteiger partial charge in [-0.05, 0) is 77.0 Å². The SMILES string of the molecule is C=C(/C=C\C=C/N)N(C)Cn1c2ccc(-c3ccccc3)cc2c2cc3c(cc21)[nH]c1ccc(-c2ccccc2)cc13.c1ccccc1. The summed E-state index contributed by atoms with van der Waals surface area (Å²) in [5.74, 6) is 0. The largest absolute Gasteiger partial charge is 0.405 e. The lowest BCUT2D eigenvalue weighted by Crippen LogP contribution is -2.19. The molecule has 0 aliphatic heterocycles. The number of aromatic amines is 1. The van der Waals surface area contributed by atoms with Crippen LogP contribution in [0.25, 0.3) is 65.9 Å². The van der Waals surface area contributed by atoms with Crippen molar-refractivity contribution < 1.29 is 0 Å². The minimum Gasteiger partial charge on any atom is -0.405 e. The Hall–Kier alpha value is -6.26. The number of hydrogen-bond donors (Lipinski definition) is 2. The second-order valence-corrected chi connectivity index (χ2v) is 11.9. The number of fused-ring (bicyclic) bond motifs is 6. The summed E-state index contributed by atoms with van der Waals surface area (Å²) in [5.41, 5.74) is 15.9. The van der Waals surface area contributed by atoms with Gasteiger partial charge in [0, 0.05) is 45.3 Å². The lowest BCUT2D eigenvalue weighted by Gasteiger charge is -2.21. The molecular formula is C44H38N4. The first-order valence-corrected chi connectivity index (χ1v) is 16.2. The molecule has 4 heteroatoms. The van der Waals surface area contributed by atoms with E-state index in [2.05, 4.69) is 137 Å². The van der Waals surface area contributed by atoms with E-state index in [4.69, 9.17) is 5.73 Å². The zero-order valence-electron chi connectivity index (χ0n) is 27.1. The normalized spacial score (nSPS) is 11.5. The monoisotopic (exact) mass is 622 g/mol. The summed E-state index contributed by atoms with van der Waals surface area (Å²) in [6.07, 6.45) is 7.22. The molecule has 0 aliphatic rings. The minimum absolute atomic E-state index is 0.657. The third-order valence-electron chi connectivity index (χ3n) is 8.82. The first-order valence-electron chi connectivity index (χ1n) is 16.2. The lowest BCUT2D eigenvalue weighted by atomic mass is 10.0. The quantitative estimate of drug-likeness (QED) is 0.174. The predicted molar refractivity (Wildman–Crippen MR) is 205 cm³/mol. The topological polar surface area (TPSA) is 50.0 Å². The maximum atomic E-state index is 5.51. The minimum atomic E-state index is 0.657. The zero-order chi connectivity index (χ0) is 32.9. The van der Waals surface area contributed by atoms with Gasteiger partial charge in [-0.2, -0.15) is 0 Å². The molecule has 0 saturated heterocycles. The molecule has 8 rings (SSSR count). The van der Waals surface area contributed by atoms with Gasteiger partial charge in [0.2, 0.25) is 0 Å². The van der Waals surface area contributed by atoms with Gasteiger partial charge in [0.05, 0.1) is 17.7 Å². The van der Waals surface area contributed by atoms with Crippen molar-refractivity contribution in [2.75, 3.05) is 7.05 Å². The van der Waals surface area contributed by atoms with Crippen LogP contribution >= 0.6 is 0 Å². The van der Waals surface area contributed by atoms with E-state index in [1.165, 1.54) is 61.0 Å². The average molecular weight is 623 g/mol. The molecule has 4 nitrogen and oxygen atoms in total. The van der Waals surface area contributed by atoms with E-state index >= 15 is 0 Å². The van der Waals surface area contributed by atoms with E-state index in [-0.39, 0.29) is 0 Å². The molecule has 6 aromatic carbocycles. The summed E-state index contributed by atoms with van der Waals surface area (Å²) in [6.45, 7) is 4.93. The molecule has 234 valence electrons. The van der Waals surface area contributed by atoms with Gasteiger partial charge in [0.25, 0.3) is 0 Å². The van der Waals surface area contributed by atoms with E-state index in [1.807, 2.05) is 48.6 Å². The molecule has 0 saturated carbocycles. The van der Waals surface area contributed by atoms with Crippen molar-refractivity contribution in [3.63, 3.8) is 0 Å². The smallest absolute Gasteiger partial charge is 0.0949 e. The molecule has 2 aromatic heterocycles. The van der Waals surface area contributed by atoms with Crippen LogP contribution in [-0.4, -0.2) is 21.5 Å². The van der Waals surface area contributed by atoms with Gasteiger partial charge in [-0.1, -0.05) is 122 Å². The molecule has 0 amide bonds. The van der Waals surface area contributed by atoms with Gasteiger partial charge in [0.15, 0.2) is 0 Å². The number of benzene rings is 6. The van der Waals surface area contributed by atoms with Crippen molar-refractivity contribution >= 4 is 43.6 Å². The van der Waals surface area contributed by atoms with Crippen LogP contribution in [0, 0.1) is 0 Å². The second-order valence-electron chi connectivity index (χ2n) is 11.9. The van der Waals surface area contributed by atoms with Crippen LogP contribution in [0.1, 0.15) is 0 Å². The molecule has 0 radical (unpaired) electrons. The van der Waals surface area contributed by atoms with Crippen molar-refractivity contribution in [3.8, 4) is 22.3 Å². The fraction of sp³-hybridized carbons (Fsp3) is 0.0455. The Balaban J connectivity index is 0.000000550. The van der Waals surface area contributed by atoms with Crippen molar-refractivity contribution in [3.05, 3.63) is 182 Å². The third-order valence-corrected chi connectivity index (χ3v) is 8.82. The average Bonchev–Trinajstić information content (AvgIpc) is 3.66. The summed E-state index contributed by atoms with van der Waals surface area (Å²) in [4.78, 5) is 5.85. The number of nitrogens with zero attached hydrogens (tertiary/aromatic N) is 2. The number of allylic oxidation sites excluding steroid dienone is 3. The van der Waals surface area contributed by atoms with Gasteiger partial charge in [-0.25, -0.2) is 0 Å². The van der Waals surface area contributed by atoms with Crippen molar-refractivity contribution in [2.45, 2.75) is 6.67 Å².